The van der Waals surface area contributed by atoms with Gasteiger partial charge in [-0.1, -0.05) is 71.3 Å². The summed E-state index contributed by atoms with van der Waals surface area (Å²) in [6.45, 7) is 7.25. The normalized spacial score (nSPS) is 17.0. The van der Waals surface area contributed by atoms with Gasteiger partial charge in [0.1, 0.15) is 4.90 Å². The van der Waals surface area contributed by atoms with E-state index in [0.717, 1.165) is 28.5 Å². The first-order valence-corrected chi connectivity index (χ1v) is 14.8. The molecular weight excluding hydrogens is 520 g/mol. The summed E-state index contributed by atoms with van der Waals surface area (Å²) in [5.41, 5.74) is 5.28. The number of amides is 2. The number of nitrogens with one attached hydrogen (secondary N) is 1. The molecule has 2 aliphatic heterocycles. The molecule has 9 heteroatoms. The number of carbonyl (C=O) groups is 1. The van der Waals surface area contributed by atoms with Crippen LogP contribution in [0.1, 0.15) is 28.7 Å². The lowest BCUT2D eigenvalue weighted by Gasteiger charge is -2.40. The topological polar surface area (TPSA) is 73.0 Å². The zero-order valence-electron chi connectivity index (χ0n) is 21.8. The third kappa shape index (κ3) is 5.39. The lowest BCUT2D eigenvalue weighted by Crippen LogP contribution is -2.52. The Balaban J connectivity index is 1.54. The Hall–Kier alpha value is -3.07. The monoisotopic (exact) mass is 552 g/mol. The van der Waals surface area contributed by atoms with E-state index in [2.05, 4.69) is 37.4 Å². The summed E-state index contributed by atoms with van der Waals surface area (Å²) in [6.07, 6.45) is 1.21. The van der Waals surface area contributed by atoms with Crippen molar-refractivity contribution in [2.45, 2.75) is 38.1 Å². The number of piperazine rings is 1. The number of nitrogens with zero attached hydrogens (tertiary/aromatic N) is 3. The van der Waals surface area contributed by atoms with Crippen molar-refractivity contribution in [3.63, 3.8) is 0 Å². The number of benzene rings is 3. The molecule has 3 aromatic carbocycles. The van der Waals surface area contributed by atoms with Crippen LogP contribution in [0, 0.1) is 13.8 Å². The van der Waals surface area contributed by atoms with Gasteiger partial charge in [-0.15, -0.1) is 0 Å². The van der Waals surface area contributed by atoms with E-state index in [1.54, 1.807) is 17.0 Å². The Labute approximate surface area is 230 Å². The molecule has 0 unspecified atom stereocenters. The van der Waals surface area contributed by atoms with Gasteiger partial charge in [0.05, 0.1) is 17.9 Å². The number of urea groups is 1. The van der Waals surface area contributed by atoms with E-state index in [4.69, 9.17) is 11.6 Å². The van der Waals surface area contributed by atoms with Crippen molar-refractivity contribution in [3.05, 3.63) is 87.9 Å². The molecule has 0 atom stereocenters. The number of halogens is 1. The number of hydrogen-bond acceptors (Lipinski definition) is 5. The number of aryl methyl sites for hydroxylation is 3. The summed E-state index contributed by atoms with van der Waals surface area (Å²) in [4.78, 5) is 17.6. The molecule has 5 rings (SSSR count). The number of carbonyl (C=O) groups excluding carboxylic acids is 1. The Kier molecular flexibility index (Phi) is 7.66. The highest BCUT2D eigenvalue weighted by molar-refractivity contribution is 7.90. The minimum atomic E-state index is -4.10. The van der Waals surface area contributed by atoms with Gasteiger partial charge in [0.25, 0.3) is 10.0 Å². The number of sulfonamides is 1. The first-order chi connectivity index (χ1) is 18.2. The lowest BCUT2D eigenvalue weighted by atomic mass is 10.0. The number of hydrogen-bond donors (Lipinski definition) is 1. The van der Waals surface area contributed by atoms with Crippen LogP contribution < -0.4 is 15.1 Å². The summed E-state index contributed by atoms with van der Waals surface area (Å²) >= 11 is 6.53. The van der Waals surface area contributed by atoms with Crippen molar-refractivity contribution in [2.75, 3.05) is 42.5 Å². The predicted octanol–water partition coefficient (Wildman–Crippen LogP) is 5.13. The summed E-state index contributed by atoms with van der Waals surface area (Å²) in [5, 5.41) is 3.71. The van der Waals surface area contributed by atoms with Crippen LogP contribution in [0.2, 0.25) is 5.02 Å². The maximum absolute atomic E-state index is 14.1. The second kappa shape index (κ2) is 11.0. The lowest BCUT2D eigenvalue weighted by molar-refractivity contribution is 0.227. The second-order valence-electron chi connectivity index (χ2n) is 10.0. The van der Waals surface area contributed by atoms with E-state index >= 15 is 0 Å². The fourth-order valence-electron chi connectivity index (χ4n) is 5.40. The van der Waals surface area contributed by atoms with E-state index in [-0.39, 0.29) is 18.0 Å². The van der Waals surface area contributed by atoms with Crippen LogP contribution in [0.25, 0.3) is 0 Å². The molecule has 1 saturated heterocycles. The number of fused-ring (bicyclic) bond motifs is 1. The molecule has 200 valence electrons. The molecule has 2 heterocycles. The summed E-state index contributed by atoms with van der Waals surface area (Å²) in [6, 6.07) is 18.7. The van der Waals surface area contributed by atoms with Crippen LogP contribution in [0.4, 0.5) is 16.2 Å². The predicted molar refractivity (Wildman–Crippen MR) is 153 cm³/mol. The summed E-state index contributed by atoms with van der Waals surface area (Å²) in [5.74, 6) is 0. The second-order valence-corrected chi connectivity index (χ2v) is 12.3. The van der Waals surface area contributed by atoms with E-state index in [1.807, 2.05) is 35.2 Å². The van der Waals surface area contributed by atoms with Gasteiger partial charge in [0.15, 0.2) is 0 Å². The largest absolute Gasteiger partial charge is 0.368 e. The Bertz CT molecular complexity index is 1420. The molecule has 1 fully saturated rings. The highest BCUT2D eigenvalue weighted by atomic mass is 35.5. The molecule has 0 spiro atoms. The van der Waals surface area contributed by atoms with E-state index in [9.17, 15) is 13.2 Å². The van der Waals surface area contributed by atoms with E-state index in [0.29, 0.717) is 42.3 Å². The molecule has 0 bridgehead atoms. The molecule has 2 amide bonds. The maximum Gasteiger partial charge on any atom is 0.338 e. The molecular formula is C29H33ClN4O3S. The molecule has 1 N–H and O–H groups in total. The molecule has 2 aliphatic rings. The molecule has 7 nitrogen and oxygen atoms in total. The molecule has 0 aromatic heterocycles. The number of rotatable bonds is 7. The molecule has 38 heavy (non-hydrogen) atoms. The van der Waals surface area contributed by atoms with E-state index in [1.165, 1.54) is 11.1 Å². The van der Waals surface area contributed by atoms with Crippen molar-refractivity contribution in [2.24, 2.45) is 0 Å². The average Bonchev–Trinajstić information content (AvgIpc) is 2.88. The van der Waals surface area contributed by atoms with Gasteiger partial charge in [-0.05, 0) is 49.9 Å². The smallest absolute Gasteiger partial charge is 0.338 e. The standard InChI is InChI=1S/C29H33ClN4O3S/c1-21-15-22(2)17-24(16-21)9-6-12-34-29(35)33(20-23-7-4-3-5-8-23)27-19-25(30)18-26(28(27)38(34,36)37)32-13-10-31-11-14-32/h3-5,7-8,15-19,31H,6,9-14,20H2,1-2H3. The molecule has 3 aromatic rings. The number of anilines is 2. The van der Waals surface area contributed by atoms with Gasteiger partial charge >= 0.3 is 6.03 Å². The third-order valence-electron chi connectivity index (χ3n) is 7.05. The molecule has 0 radical (unpaired) electrons. The Morgan fingerprint density at radius 1 is 0.895 bits per heavy atom. The zero-order valence-corrected chi connectivity index (χ0v) is 23.4. The van der Waals surface area contributed by atoms with Crippen LogP contribution in [0.15, 0.2) is 65.6 Å². The molecule has 0 saturated carbocycles. The first kappa shape index (κ1) is 26.5. The summed E-state index contributed by atoms with van der Waals surface area (Å²) < 4.78 is 29.3. The highest BCUT2D eigenvalue weighted by Crippen LogP contribution is 2.43. The quantitative estimate of drug-likeness (QED) is 0.440. The van der Waals surface area contributed by atoms with Gasteiger partial charge in [-0.25, -0.2) is 17.5 Å². The van der Waals surface area contributed by atoms with Gasteiger partial charge < -0.3 is 10.2 Å². The van der Waals surface area contributed by atoms with Crippen molar-refractivity contribution in [1.29, 1.82) is 0 Å². The van der Waals surface area contributed by atoms with Gasteiger partial charge in [0.2, 0.25) is 0 Å². The van der Waals surface area contributed by atoms with Crippen molar-refractivity contribution in [1.82, 2.24) is 9.62 Å². The van der Waals surface area contributed by atoms with Gasteiger partial charge in [0, 0.05) is 37.7 Å². The first-order valence-electron chi connectivity index (χ1n) is 13.0. The van der Waals surface area contributed by atoms with Crippen molar-refractivity contribution < 1.29 is 13.2 Å². The van der Waals surface area contributed by atoms with Crippen LogP contribution in [-0.4, -0.2) is 51.5 Å². The fraction of sp³-hybridized carbons (Fsp3) is 0.345. The van der Waals surface area contributed by atoms with E-state index < -0.39 is 16.1 Å². The maximum atomic E-state index is 14.1. The SMILES string of the molecule is Cc1cc(C)cc(CCCN2C(=O)N(Cc3ccccc3)c3cc(Cl)cc(N4CCNCC4)c3S2(=O)=O)c1. The Morgan fingerprint density at radius 3 is 2.24 bits per heavy atom. The van der Waals surface area contributed by atoms with Crippen molar-refractivity contribution in [3.8, 4) is 0 Å². The van der Waals surface area contributed by atoms with Gasteiger partial charge in [-0.2, -0.15) is 0 Å². The van der Waals surface area contributed by atoms with Crippen LogP contribution in [0.3, 0.4) is 0 Å². The third-order valence-corrected chi connectivity index (χ3v) is 9.12. The minimum absolute atomic E-state index is 0.0997. The van der Waals surface area contributed by atoms with Crippen molar-refractivity contribution >= 4 is 39.0 Å². The zero-order chi connectivity index (χ0) is 26.9. The Morgan fingerprint density at radius 2 is 1.55 bits per heavy atom. The molecule has 0 aliphatic carbocycles. The summed E-state index contributed by atoms with van der Waals surface area (Å²) in [7, 11) is -4.10. The average molecular weight is 553 g/mol. The highest BCUT2D eigenvalue weighted by Gasteiger charge is 2.44. The fourth-order valence-corrected chi connectivity index (χ4v) is 7.38. The van der Waals surface area contributed by atoms with Crippen LogP contribution >= 0.6 is 11.6 Å². The van der Waals surface area contributed by atoms with Crippen LogP contribution in [0.5, 0.6) is 0 Å². The van der Waals surface area contributed by atoms with Gasteiger partial charge in [-0.3, -0.25) is 4.90 Å². The minimum Gasteiger partial charge on any atom is -0.368 e. The van der Waals surface area contributed by atoms with Crippen LogP contribution in [-0.2, 0) is 23.0 Å².